The maximum Gasteiger partial charge on any atom is 0.256 e. The van der Waals surface area contributed by atoms with Gasteiger partial charge in [0.05, 0.1) is 5.57 Å². The number of rotatable bonds is 2. The first-order valence-corrected chi connectivity index (χ1v) is 8.12. The van der Waals surface area contributed by atoms with E-state index in [1.54, 1.807) is 11.3 Å². The molecule has 1 aromatic carbocycles. The first-order chi connectivity index (χ1) is 9.60. The maximum atomic E-state index is 12.2. The Hall–Kier alpha value is -1.39. The highest BCUT2D eigenvalue weighted by atomic mass is 79.9. The molecule has 0 aliphatic carbocycles. The molecular weight excluding hydrogens is 334 g/mol. The van der Waals surface area contributed by atoms with Crippen LogP contribution in [0.2, 0.25) is 0 Å². The second kappa shape index (κ2) is 5.19. The Bertz CT molecular complexity index is 730. The monoisotopic (exact) mass is 347 g/mol. The molecular formula is C16H14BrNOS. The van der Waals surface area contributed by atoms with Gasteiger partial charge in [0.25, 0.3) is 5.91 Å². The maximum absolute atomic E-state index is 12.2. The van der Waals surface area contributed by atoms with E-state index in [4.69, 9.17) is 0 Å². The van der Waals surface area contributed by atoms with E-state index in [2.05, 4.69) is 40.3 Å². The van der Waals surface area contributed by atoms with Crippen molar-refractivity contribution in [3.63, 3.8) is 0 Å². The summed E-state index contributed by atoms with van der Waals surface area (Å²) in [6, 6.07) is 8.11. The molecule has 1 N–H and O–H groups in total. The number of nitrogens with one attached hydrogen (secondary N) is 1. The van der Waals surface area contributed by atoms with Gasteiger partial charge in [-0.2, -0.15) is 0 Å². The number of aryl methyl sites for hydroxylation is 1. The average molecular weight is 348 g/mol. The molecule has 2 nitrogen and oxygen atoms in total. The predicted molar refractivity (Wildman–Crippen MR) is 89.1 cm³/mol. The molecule has 0 bridgehead atoms. The summed E-state index contributed by atoms with van der Waals surface area (Å²) in [6.07, 6.45) is 3.02. The summed E-state index contributed by atoms with van der Waals surface area (Å²) in [5, 5.41) is 2.93. The van der Waals surface area contributed by atoms with Crippen molar-refractivity contribution < 1.29 is 4.79 Å². The van der Waals surface area contributed by atoms with E-state index in [1.165, 1.54) is 4.88 Å². The number of halogens is 1. The number of benzene rings is 1. The summed E-state index contributed by atoms with van der Waals surface area (Å²) in [5.41, 5.74) is 3.76. The van der Waals surface area contributed by atoms with Crippen LogP contribution in [0, 0.1) is 6.92 Å². The molecule has 2 aromatic rings. The smallest absolute Gasteiger partial charge is 0.256 e. The van der Waals surface area contributed by atoms with E-state index in [1.807, 2.05) is 25.1 Å². The number of anilines is 1. The molecule has 0 spiro atoms. The van der Waals surface area contributed by atoms with Gasteiger partial charge in [0.15, 0.2) is 0 Å². The molecule has 3 rings (SSSR count). The molecule has 1 aromatic heterocycles. The molecule has 20 heavy (non-hydrogen) atoms. The van der Waals surface area contributed by atoms with E-state index >= 15 is 0 Å². The van der Waals surface area contributed by atoms with Gasteiger partial charge in [0.2, 0.25) is 0 Å². The Morgan fingerprint density at radius 1 is 1.30 bits per heavy atom. The third-order valence-corrected chi connectivity index (χ3v) is 5.51. The molecule has 1 amide bonds. The van der Waals surface area contributed by atoms with Gasteiger partial charge in [-0.15, -0.1) is 11.3 Å². The third kappa shape index (κ3) is 2.23. The van der Waals surface area contributed by atoms with E-state index in [9.17, 15) is 4.79 Å². The topological polar surface area (TPSA) is 29.1 Å². The van der Waals surface area contributed by atoms with Crippen LogP contribution in [0.1, 0.15) is 27.8 Å². The van der Waals surface area contributed by atoms with Gasteiger partial charge in [-0.05, 0) is 49.2 Å². The fourth-order valence-corrected chi connectivity index (χ4v) is 3.61. The van der Waals surface area contributed by atoms with Crippen molar-refractivity contribution in [2.24, 2.45) is 0 Å². The van der Waals surface area contributed by atoms with Crippen LogP contribution in [0.3, 0.4) is 0 Å². The Labute approximate surface area is 130 Å². The van der Waals surface area contributed by atoms with Crippen molar-refractivity contribution in [2.45, 2.75) is 20.3 Å². The normalized spacial score (nSPS) is 15.6. The van der Waals surface area contributed by atoms with Gasteiger partial charge in [0, 0.05) is 25.5 Å². The molecule has 102 valence electrons. The van der Waals surface area contributed by atoms with E-state index < -0.39 is 0 Å². The first-order valence-electron chi connectivity index (χ1n) is 6.51. The van der Waals surface area contributed by atoms with Gasteiger partial charge in [-0.25, -0.2) is 0 Å². The molecule has 0 unspecified atom stereocenters. The number of amides is 1. The third-order valence-electron chi connectivity index (χ3n) is 3.48. The quantitative estimate of drug-likeness (QED) is 0.771. The van der Waals surface area contributed by atoms with E-state index in [0.717, 1.165) is 38.2 Å². The lowest BCUT2D eigenvalue weighted by atomic mass is 10.0. The summed E-state index contributed by atoms with van der Waals surface area (Å²) < 4.78 is 1.03. The Morgan fingerprint density at radius 2 is 2.10 bits per heavy atom. The standard InChI is InChI=1S/C16H14BrNOS/c1-3-10-4-5-11(20-10)8-12-15-9(2)13(17)6-7-14(15)18-16(12)19/h4-8H,3H2,1-2H3,(H,18,19). The number of hydrogen-bond acceptors (Lipinski definition) is 2. The van der Waals surface area contributed by atoms with Crippen LogP contribution in [0.15, 0.2) is 28.7 Å². The van der Waals surface area contributed by atoms with Crippen molar-refractivity contribution in [1.82, 2.24) is 0 Å². The van der Waals surface area contributed by atoms with Crippen molar-refractivity contribution in [3.8, 4) is 0 Å². The number of thiophene rings is 1. The largest absolute Gasteiger partial charge is 0.321 e. The van der Waals surface area contributed by atoms with Crippen LogP contribution >= 0.6 is 27.3 Å². The molecule has 1 aliphatic rings. The predicted octanol–water partition coefficient (Wildman–Crippen LogP) is 4.87. The highest BCUT2D eigenvalue weighted by Crippen LogP contribution is 2.39. The number of hydrogen-bond donors (Lipinski definition) is 1. The van der Waals surface area contributed by atoms with Crippen molar-refractivity contribution in [1.29, 1.82) is 0 Å². The zero-order chi connectivity index (χ0) is 14.3. The minimum absolute atomic E-state index is 0.0207. The van der Waals surface area contributed by atoms with Crippen LogP contribution in [-0.2, 0) is 11.2 Å². The fraction of sp³-hybridized carbons (Fsp3) is 0.188. The van der Waals surface area contributed by atoms with Gasteiger partial charge < -0.3 is 5.32 Å². The van der Waals surface area contributed by atoms with E-state index in [-0.39, 0.29) is 5.91 Å². The van der Waals surface area contributed by atoms with Gasteiger partial charge in [-0.1, -0.05) is 22.9 Å². The summed E-state index contributed by atoms with van der Waals surface area (Å²) in [7, 11) is 0. The van der Waals surface area contributed by atoms with Crippen molar-refractivity contribution >= 4 is 50.5 Å². The number of carbonyl (C=O) groups is 1. The summed E-state index contributed by atoms with van der Waals surface area (Å²) in [6.45, 7) is 4.17. The molecule has 0 fully saturated rings. The van der Waals surface area contributed by atoms with Gasteiger partial charge >= 0.3 is 0 Å². The number of fused-ring (bicyclic) bond motifs is 1. The second-order valence-corrected chi connectivity index (χ2v) is 6.82. The van der Waals surface area contributed by atoms with Crippen LogP contribution in [0.5, 0.6) is 0 Å². The minimum atomic E-state index is -0.0207. The fourth-order valence-electron chi connectivity index (χ4n) is 2.38. The summed E-state index contributed by atoms with van der Waals surface area (Å²) in [4.78, 5) is 14.6. The highest BCUT2D eigenvalue weighted by molar-refractivity contribution is 9.10. The minimum Gasteiger partial charge on any atom is -0.321 e. The number of carbonyl (C=O) groups excluding carboxylic acids is 1. The average Bonchev–Trinajstić information content (AvgIpc) is 3.00. The lowest BCUT2D eigenvalue weighted by molar-refractivity contribution is -0.110. The first kappa shape index (κ1) is 13.6. The molecule has 0 saturated heterocycles. The SMILES string of the molecule is CCc1ccc(C=C2C(=O)Nc3ccc(Br)c(C)c32)s1. The van der Waals surface area contributed by atoms with Crippen LogP contribution < -0.4 is 5.32 Å². The van der Waals surface area contributed by atoms with Crippen molar-refractivity contribution in [2.75, 3.05) is 5.32 Å². The summed E-state index contributed by atoms with van der Waals surface area (Å²) >= 11 is 5.27. The van der Waals surface area contributed by atoms with E-state index in [0.29, 0.717) is 0 Å². The molecule has 2 heterocycles. The molecule has 0 saturated carbocycles. The lowest BCUT2D eigenvalue weighted by Crippen LogP contribution is -2.03. The Kier molecular flexibility index (Phi) is 3.52. The molecule has 4 heteroatoms. The zero-order valence-electron chi connectivity index (χ0n) is 11.3. The zero-order valence-corrected chi connectivity index (χ0v) is 13.7. The molecule has 0 radical (unpaired) electrons. The Balaban J connectivity index is 2.12. The van der Waals surface area contributed by atoms with Gasteiger partial charge in [0.1, 0.15) is 0 Å². The van der Waals surface area contributed by atoms with Gasteiger partial charge in [-0.3, -0.25) is 4.79 Å². The second-order valence-electron chi connectivity index (χ2n) is 4.76. The Morgan fingerprint density at radius 3 is 2.80 bits per heavy atom. The molecule has 0 atom stereocenters. The van der Waals surface area contributed by atoms with Crippen LogP contribution in [-0.4, -0.2) is 5.91 Å². The summed E-state index contributed by atoms with van der Waals surface area (Å²) in [5.74, 6) is -0.0207. The lowest BCUT2D eigenvalue weighted by Gasteiger charge is -2.05. The van der Waals surface area contributed by atoms with Crippen LogP contribution in [0.25, 0.3) is 11.6 Å². The van der Waals surface area contributed by atoms with Crippen molar-refractivity contribution in [3.05, 3.63) is 49.6 Å². The highest BCUT2D eigenvalue weighted by Gasteiger charge is 2.26. The van der Waals surface area contributed by atoms with Crippen LogP contribution in [0.4, 0.5) is 5.69 Å². The molecule has 1 aliphatic heterocycles.